The number of fused-ring (bicyclic) bond motifs is 1. The third-order valence-corrected chi connectivity index (χ3v) is 4.63. The molecule has 1 unspecified atom stereocenters. The van der Waals surface area contributed by atoms with E-state index < -0.39 is 0 Å². The van der Waals surface area contributed by atoms with Gasteiger partial charge in [0.25, 0.3) is 0 Å². The third-order valence-electron chi connectivity index (χ3n) is 3.72. The average molecular weight is 329 g/mol. The molecule has 2 heteroatoms. The predicted molar refractivity (Wildman–Crippen MR) is 87.5 cm³/mol. The smallest absolute Gasteiger partial charge is 0.122 e. The summed E-state index contributed by atoms with van der Waals surface area (Å²) in [7, 11) is 0. The lowest BCUT2D eigenvalue weighted by molar-refractivity contribution is 0.477. The van der Waals surface area contributed by atoms with E-state index in [1.54, 1.807) is 0 Å². The fourth-order valence-corrected chi connectivity index (χ4v) is 3.46. The van der Waals surface area contributed by atoms with Gasteiger partial charge in [0.2, 0.25) is 0 Å². The monoisotopic (exact) mass is 328 g/mol. The van der Waals surface area contributed by atoms with Gasteiger partial charge in [-0.3, -0.25) is 0 Å². The molecule has 1 atom stereocenters. The summed E-state index contributed by atoms with van der Waals surface area (Å²) < 4.78 is 5.91. The highest BCUT2D eigenvalue weighted by Gasteiger charge is 2.19. The van der Waals surface area contributed by atoms with Gasteiger partial charge in [0.1, 0.15) is 11.5 Å². The van der Waals surface area contributed by atoms with Crippen LogP contribution in [-0.2, 0) is 6.42 Å². The Labute approximate surface area is 127 Å². The summed E-state index contributed by atoms with van der Waals surface area (Å²) in [6, 6.07) is 17.0. The number of halogens is 1. The minimum Gasteiger partial charge on any atom is -0.465 e. The van der Waals surface area contributed by atoms with Crippen LogP contribution in [-0.4, -0.2) is 0 Å². The second kappa shape index (κ2) is 5.45. The molecule has 0 aliphatic heterocycles. The van der Waals surface area contributed by atoms with Crippen molar-refractivity contribution >= 4 is 26.7 Å². The minimum absolute atomic E-state index is 0.0916. The molecule has 20 heavy (non-hydrogen) atoms. The number of furan rings is 1. The molecule has 1 nitrogen and oxygen atoms in total. The molecule has 1 aromatic heterocycles. The van der Waals surface area contributed by atoms with Crippen molar-refractivity contribution in [3.8, 4) is 0 Å². The number of benzene rings is 2. The summed E-state index contributed by atoms with van der Waals surface area (Å²) in [5, 5.41) is 2.55. The van der Waals surface area contributed by atoms with E-state index >= 15 is 0 Å². The zero-order chi connectivity index (χ0) is 14.1. The molecule has 0 saturated carbocycles. The molecule has 102 valence electrons. The number of aryl methyl sites for hydroxylation is 2. The third kappa shape index (κ3) is 2.29. The topological polar surface area (TPSA) is 13.1 Å². The Morgan fingerprint density at radius 1 is 1.05 bits per heavy atom. The van der Waals surface area contributed by atoms with Crippen molar-refractivity contribution in [3.05, 3.63) is 71.2 Å². The van der Waals surface area contributed by atoms with Crippen LogP contribution >= 0.6 is 15.9 Å². The van der Waals surface area contributed by atoms with E-state index in [4.69, 9.17) is 4.42 Å². The van der Waals surface area contributed by atoms with E-state index in [-0.39, 0.29) is 4.83 Å². The maximum Gasteiger partial charge on any atom is 0.122 e. The van der Waals surface area contributed by atoms with Crippen LogP contribution in [0.2, 0.25) is 0 Å². The molecule has 0 aliphatic rings. The molecule has 3 aromatic rings. The molecule has 2 aromatic carbocycles. The summed E-state index contributed by atoms with van der Waals surface area (Å²) in [5.74, 6) is 2.00. The molecule has 1 heterocycles. The van der Waals surface area contributed by atoms with E-state index in [0.717, 1.165) is 17.9 Å². The molecule has 0 N–H and O–H groups in total. The first-order chi connectivity index (χ1) is 9.70. The summed E-state index contributed by atoms with van der Waals surface area (Å²) >= 11 is 3.81. The van der Waals surface area contributed by atoms with Crippen molar-refractivity contribution in [1.82, 2.24) is 0 Å². The Morgan fingerprint density at radius 2 is 1.85 bits per heavy atom. The van der Waals surface area contributed by atoms with Gasteiger partial charge in [-0.05, 0) is 41.0 Å². The Kier molecular flexibility index (Phi) is 3.66. The summed E-state index contributed by atoms with van der Waals surface area (Å²) in [4.78, 5) is 0.0916. The normalized spacial score (nSPS) is 12.8. The Hall–Kier alpha value is -1.54. The van der Waals surface area contributed by atoms with E-state index in [1.807, 2.05) is 0 Å². The zero-order valence-corrected chi connectivity index (χ0v) is 13.3. The molecule has 0 amide bonds. The van der Waals surface area contributed by atoms with Crippen LogP contribution in [0.1, 0.15) is 34.4 Å². The quantitative estimate of drug-likeness (QED) is 0.555. The Balaban J connectivity index is 2.15. The molecular formula is C18H17BrO. The van der Waals surface area contributed by atoms with Gasteiger partial charge >= 0.3 is 0 Å². The average Bonchev–Trinajstić information content (AvgIpc) is 2.95. The van der Waals surface area contributed by atoms with E-state index in [0.29, 0.717) is 0 Å². The fraction of sp³-hybridized carbons (Fsp3) is 0.222. The SMILES string of the molecule is CCc1ccc(C(Br)c2c(C)ccc3ccccc23)o1. The van der Waals surface area contributed by atoms with Crippen molar-refractivity contribution < 1.29 is 4.42 Å². The molecule has 0 saturated heterocycles. The molecule has 3 rings (SSSR count). The van der Waals surface area contributed by atoms with Gasteiger partial charge in [0.05, 0.1) is 4.83 Å². The number of alkyl halides is 1. The van der Waals surface area contributed by atoms with Crippen molar-refractivity contribution in [2.45, 2.75) is 25.1 Å². The predicted octanol–water partition coefficient (Wildman–Crippen LogP) is 5.79. The second-order valence-corrected chi connectivity index (χ2v) is 5.95. The Bertz CT molecular complexity index is 742. The molecular weight excluding hydrogens is 312 g/mol. The van der Waals surface area contributed by atoms with Gasteiger partial charge in [-0.15, -0.1) is 0 Å². The zero-order valence-electron chi connectivity index (χ0n) is 11.7. The summed E-state index contributed by atoms with van der Waals surface area (Å²) in [6.07, 6.45) is 0.925. The molecule has 0 bridgehead atoms. The summed E-state index contributed by atoms with van der Waals surface area (Å²) in [6.45, 7) is 4.26. The number of hydrogen-bond acceptors (Lipinski definition) is 1. The van der Waals surface area contributed by atoms with Crippen LogP contribution in [0.4, 0.5) is 0 Å². The lowest BCUT2D eigenvalue weighted by Gasteiger charge is -2.14. The molecule has 0 fully saturated rings. The van der Waals surface area contributed by atoms with Gasteiger partial charge in [0.15, 0.2) is 0 Å². The highest BCUT2D eigenvalue weighted by molar-refractivity contribution is 9.09. The molecule has 0 spiro atoms. The van der Waals surface area contributed by atoms with E-state index in [2.05, 4.69) is 78.3 Å². The number of rotatable bonds is 3. The van der Waals surface area contributed by atoms with Crippen LogP contribution in [0.3, 0.4) is 0 Å². The van der Waals surface area contributed by atoms with Gasteiger partial charge in [-0.1, -0.05) is 59.3 Å². The van der Waals surface area contributed by atoms with Crippen molar-refractivity contribution in [2.24, 2.45) is 0 Å². The van der Waals surface area contributed by atoms with Crippen LogP contribution < -0.4 is 0 Å². The van der Waals surface area contributed by atoms with Crippen LogP contribution in [0, 0.1) is 6.92 Å². The van der Waals surface area contributed by atoms with Crippen LogP contribution in [0.25, 0.3) is 10.8 Å². The maximum atomic E-state index is 5.91. The van der Waals surface area contributed by atoms with Crippen molar-refractivity contribution in [3.63, 3.8) is 0 Å². The van der Waals surface area contributed by atoms with Gasteiger partial charge in [-0.2, -0.15) is 0 Å². The molecule has 0 radical (unpaired) electrons. The van der Waals surface area contributed by atoms with Crippen molar-refractivity contribution in [2.75, 3.05) is 0 Å². The van der Waals surface area contributed by atoms with Crippen molar-refractivity contribution in [1.29, 1.82) is 0 Å². The Morgan fingerprint density at radius 3 is 2.60 bits per heavy atom. The fourth-order valence-electron chi connectivity index (χ4n) is 2.60. The van der Waals surface area contributed by atoms with E-state index in [9.17, 15) is 0 Å². The molecule has 0 aliphatic carbocycles. The highest BCUT2D eigenvalue weighted by Crippen LogP contribution is 2.38. The first-order valence-electron chi connectivity index (χ1n) is 6.91. The lowest BCUT2D eigenvalue weighted by atomic mass is 9.96. The second-order valence-electron chi connectivity index (χ2n) is 5.04. The highest BCUT2D eigenvalue weighted by atomic mass is 79.9. The van der Waals surface area contributed by atoms with Crippen LogP contribution in [0.15, 0.2) is 52.9 Å². The first kappa shape index (κ1) is 13.4. The van der Waals surface area contributed by atoms with Gasteiger partial charge in [-0.25, -0.2) is 0 Å². The van der Waals surface area contributed by atoms with Gasteiger partial charge in [0, 0.05) is 6.42 Å². The van der Waals surface area contributed by atoms with E-state index in [1.165, 1.54) is 21.9 Å². The summed E-state index contributed by atoms with van der Waals surface area (Å²) in [5.41, 5.74) is 2.57. The standard InChI is InChI=1S/C18H17BrO/c1-3-14-10-11-16(20-14)18(19)17-12(2)8-9-13-6-4-5-7-15(13)17/h4-11,18H,3H2,1-2H3. The number of hydrogen-bond donors (Lipinski definition) is 0. The largest absolute Gasteiger partial charge is 0.465 e. The van der Waals surface area contributed by atoms with Gasteiger partial charge < -0.3 is 4.42 Å². The minimum atomic E-state index is 0.0916. The maximum absolute atomic E-state index is 5.91. The lowest BCUT2D eigenvalue weighted by Crippen LogP contribution is -1.96. The first-order valence-corrected chi connectivity index (χ1v) is 7.83. The van der Waals surface area contributed by atoms with Crippen LogP contribution in [0.5, 0.6) is 0 Å².